The van der Waals surface area contributed by atoms with Crippen molar-refractivity contribution in [3.8, 4) is 0 Å². The number of benzene rings is 1. The van der Waals surface area contributed by atoms with E-state index in [2.05, 4.69) is 78.2 Å². The van der Waals surface area contributed by atoms with Gasteiger partial charge in [-0.25, -0.2) is 0 Å². The Labute approximate surface area is 139 Å². The number of rotatable bonds is 10. The van der Waals surface area contributed by atoms with E-state index in [0.29, 0.717) is 6.04 Å². The number of hydrogen-bond donors (Lipinski definition) is 1. The highest BCUT2D eigenvalue weighted by atomic mass is 79.9. The van der Waals surface area contributed by atoms with Gasteiger partial charge in [0.15, 0.2) is 0 Å². The lowest BCUT2D eigenvalue weighted by Crippen LogP contribution is -2.30. The highest BCUT2D eigenvalue weighted by Crippen LogP contribution is 2.21. The van der Waals surface area contributed by atoms with E-state index >= 15 is 0 Å². The van der Waals surface area contributed by atoms with Crippen LogP contribution in [0.15, 0.2) is 28.7 Å². The van der Waals surface area contributed by atoms with Crippen LogP contribution in [0, 0.1) is 5.92 Å². The van der Waals surface area contributed by atoms with E-state index in [-0.39, 0.29) is 0 Å². The first kappa shape index (κ1) is 18.7. The minimum Gasteiger partial charge on any atom is -0.310 e. The third kappa shape index (κ3) is 7.44. The summed E-state index contributed by atoms with van der Waals surface area (Å²) >= 11 is 3.58. The average molecular weight is 355 g/mol. The summed E-state index contributed by atoms with van der Waals surface area (Å²) in [5.41, 5.74) is 1.38. The summed E-state index contributed by atoms with van der Waals surface area (Å²) in [5, 5.41) is 3.69. The molecule has 0 saturated carbocycles. The van der Waals surface area contributed by atoms with Crippen LogP contribution in [0.2, 0.25) is 0 Å². The van der Waals surface area contributed by atoms with Crippen LogP contribution in [0.25, 0.3) is 0 Å². The van der Waals surface area contributed by atoms with Crippen LogP contribution in [-0.2, 0) is 0 Å². The molecule has 0 amide bonds. The summed E-state index contributed by atoms with van der Waals surface area (Å²) in [5.74, 6) is 0.780. The largest absolute Gasteiger partial charge is 0.310 e. The van der Waals surface area contributed by atoms with Crippen LogP contribution >= 0.6 is 15.9 Å². The molecule has 0 spiro atoms. The predicted octanol–water partition coefficient (Wildman–Crippen LogP) is 4.86. The molecule has 0 aliphatic rings. The van der Waals surface area contributed by atoms with E-state index in [1.165, 1.54) is 24.9 Å². The minimum absolute atomic E-state index is 0.446. The molecule has 21 heavy (non-hydrogen) atoms. The molecular weight excluding hydrogens is 324 g/mol. The molecule has 1 N–H and O–H groups in total. The summed E-state index contributed by atoms with van der Waals surface area (Å²) in [4.78, 5) is 2.47. The zero-order chi connectivity index (χ0) is 15.7. The lowest BCUT2D eigenvalue weighted by atomic mass is 10.0. The molecule has 0 aliphatic carbocycles. The van der Waals surface area contributed by atoms with Crippen molar-refractivity contribution in [1.82, 2.24) is 10.2 Å². The summed E-state index contributed by atoms with van der Waals surface area (Å²) in [6.07, 6.45) is 3.59. The Hall–Kier alpha value is -0.380. The molecule has 1 rings (SSSR count). The molecule has 2 atom stereocenters. The van der Waals surface area contributed by atoms with Crippen molar-refractivity contribution >= 4 is 15.9 Å². The van der Waals surface area contributed by atoms with Crippen molar-refractivity contribution in [2.45, 2.75) is 46.1 Å². The standard InChI is InChI=1S/C18H31BrN2/c1-5-11-20-18(16-8-7-9-17(19)13-16)10-12-21(4)14-15(3)6-2/h7-9,13,15,18,20H,5-6,10-12,14H2,1-4H3. The maximum Gasteiger partial charge on any atom is 0.0332 e. The first-order valence-corrected chi connectivity index (χ1v) is 9.03. The van der Waals surface area contributed by atoms with Crippen LogP contribution in [0.5, 0.6) is 0 Å². The Kier molecular flexibility index (Phi) is 9.21. The fraction of sp³-hybridized carbons (Fsp3) is 0.667. The van der Waals surface area contributed by atoms with E-state index in [0.717, 1.165) is 29.9 Å². The molecule has 120 valence electrons. The number of nitrogens with one attached hydrogen (secondary N) is 1. The summed E-state index contributed by atoms with van der Waals surface area (Å²) in [7, 11) is 2.24. The molecule has 0 fully saturated rings. The van der Waals surface area contributed by atoms with Gasteiger partial charge in [-0.3, -0.25) is 0 Å². The van der Waals surface area contributed by atoms with Crippen LogP contribution in [0.1, 0.15) is 51.6 Å². The topological polar surface area (TPSA) is 15.3 Å². The minimum atomic E-state index is 0.446. The van der Waals surface area contributed by atoms with E-state index in [4.69, 9.17) is 0 Å². The van der Waals surface area contributed by atoms with Crippen LogP contribution in [0.3, 0.4) is 0 Å². The van der Waals surface area contributed by atoms with Gasteiger partial charge >= 0.3 is 0 Å². The summed E-state index contributed by atoms with van der Waals surface area (Å²) in [6.45, 7) is 10.2. The molecule has 0 saturated heterocycles. The van der Waals surface area contributed by atoms with Gasteiger partial charge in [0.2, 0.25) is 0 Å². The predicted molar refractivity (Wildman–Crippen MR) is 96.7 cm³/mol. The van der Waals surface area contributed by atoms with Gasteiger partial charge in [0, 0.05) is 17.1 Å². The van der Waals surface area contributed by atoms with Gasteiger partial charge in [0.05, 0.1) is 0 Å². The Morgan fingerprint density at radius 1 is 1.29 bits per heavy atom. The zero-order valence-electron chi connectivity index (χ0n) is 14.0. The van der Waals surface area contributed by atoms with E-state index in [1.54, 1.807) is 0 Å². The van der Waals surface area contributed by atoms with E-state index in [9.17, 15) is 0 Å². The van der Waals surface area contributed by atoms with Gasteiger partial charge in [-0.2, -0.15) is 0 Å². The molecule has 2 nitrogen and oxygen atoms in total. The van der Waals surface area contributed by atoms with Gasteiger partial charge in [0.1, 0.15) is 0 Å². The molecule has 0 aliphatic heterocycles. The van der Waals surface area contributed by atoms with Crippen molar-refractivity contribution in [2.75, 3.05) is 26.7 Å². The Morgan fingerprint density at radius 3 is 2.67 bits per heavy atom. The van der Waals surface area contributed by atoms with Crippen molar-refractivity contribution in [3.63, 3.8) is 0 Å². The smallest absolute Gasteiger partial charge is 0.0332 e. The molecule has 0 bridgehead atoms. The Balaban J connectivity index is 2.58. The average Bonchev–Trinajstić information content (AvgIpc) is 2.47. The number of hydrogen-bond acceptors (Lipinski definition) is 2. The van der Waals surface area contributed by atoms with Crippen molar-refractivity contribution in [3.05, 3.63) is 34.3 Å². The number of nitrogens with zero attached hydrogens (tertiary/aromatic N) is 1. The van der Waals surface area contributed by atoms with Gasteiger partial charge in [-0.1, -0.05) is 55.3 Å². The molecule has 0 heterocycles. The Morgan fingerprint density at radius 2 is 2.05 bits per heavy atom. The number of halogens is 1. The maximum absolute atomic E-state index is 3.69. The van der Waals surface area contributed by atoms with Crippen molar-refractivity contribution in [1.29, 1.82) is 0 Å². The molecule has 0 aromatic heterocycles. The zero-order valence-corrected chi connectivity index (χ0v) is 15.6. The fourth-order valence-electron chi connectivity index (χ4n) is 2.53. The van der Waals surface area contributed by atoms with Gasteiger partial charge < -0.3 is 10.2 Å². The highest BCUT2D eigenvalue weighted by molar-refractivity contribution is 9.10. The summed E-state index contributed by atoms with van der Waals surface area (Å²) < 4.78 is 1.16. The second-order valence-electron chi connectivity index (χ2n) is 6.13. The van der Waals surface area contributed by atoms with Crippen molar-refractivity contribution < 1.29 is 0 Å². The first-order valence-electron chi connectivity index (χ1n) is 8.24. The molecule has 3 heteroatoms. The molecular formula is C18H31BrN2. The second kappa shape index (κ2) is 10.4. The lowest BCUT2D eigenvalue weighted by Gasteiger charge is -2.25. The van der Waals surface area contributed by atoms with E-state index < -0.39 is 0 Å². The first-order chi connectivity index (χ1) is 10.1. The quantitative estimate of drug-likeness (QED) is 0.645. The molecule has 1 aromatic rings. The van der Waals surface area contributed by atoms with Gasteiger partial charge in [-0.15, -0.1) is 0 Å². The monoisotopic (exact) mass is 354 g/mol. The van der Waals surface area contributed by atoms with Crippen LogP contribution in [0.4, 0.5) is 0 Å². The van der Waals surface area contributed by atoms with Crippen LogP contribution in [-0.4, -0.2) is 31.6 Å². The highest BCUT2D eigenvalue weighted by Gasteiger charge is 2.13. The van der Waals surface area contributed by atoms with E-state index in [1.807, 2.05) is 0 Å². The normalized spacial score (nSPS) is 14.4. The fourth-order valence-corrected chi connectivity index (χ4v) is 2.95. The molecule has 2 unspecified atom stereocenters. The molecule has 1 aromatic carbocycles. The van der Waals surface area contributed by atoms with Gasteiger partial charge in [0.25, 0.3) is 0 Å². The summed E-state index contributed by atoms with van der Waals surface area (Å²) in [6, 6.07) is 9.13. The Bertz CT molecular complexity index is 395. The second-order valence-corrected chi connectivity index (χ2v) is 7.04. The lowest BCUT2D eigenvalue weighted by molar-refractivity contribution is 0.266. The third-order valence-corrected chi connectivity index (χ3v) is 4.50. The SMILES string of the molecule is CCCNC(CCN(C)CC(C)CC)c1cccc(Br)c1. The van der Waals surface area contributed by atoms with Crippen molar-refractivity contribution in [2.24, 2.45) is 5.92 Å². The van der Waals surface area contributed by atoms with Gasteiger partial charge in [-0.05, 0) is 56.6 Å². The van der Waals surface area contributed by atoms with Crippen LogP contribution < -0.4 is 5.32 Å². The third-order valence-electron chi connectivity index (χ3n) is 4.01. The maximum atomic E-state index is 3.69. The molecule has 0 radical (unpaired) electrons.